The maximum Gasteiger partial charge on any atom is 0.138 e. The van der Waals surface area contributed by atoms with Crippen molar-refractivity contribution >= 4 is 5.78 Å². The van der Waals surface area contributed by atoms with Gasteiger partial charge in [-0.1, -0.05) is 20.8 Å². The summed E-state index contributed by atoms with van der Waals surface area (Å²) in [5.74, 6) is 0.355. The third-order valence-corrected chi connectivity index (χ3v) is 2.47. The van der Waals surface area contributed by atoms with Gasteiger partial charge in [0.2, 0.25) is 0 Å². The predicted octanol–water partition coefficient (Wildman–Crippen LogP) is 2.67. The Hall–Kier alpha value is -1.12. The minimum Gasteiger partial charge on any atom is -0.337 e. The van der Waals surface area contributed by atoms with Crippen LogP contribution in [0.25, 0.3) is 0 Å². The fourth-order valence-electron chi connectivity index (χ4n) is 1.37. The average molecular weight is 208 g/mol. The van der Waals surface area contributed by atoms with Crippen molar-refractivity contribution in [2.45, 2.75) is 46.6 Å². The quantitative estimate of drug-likeness (QED) is 0.697. The highest BCUT2D eigenvalue weighted by Crippen LogP contribution is 2.18. The van der Waals surface area contributed by atoms with Crippen LogP contribution in [0.3, 0.4) is 0 Å². The molecule has 0 aliphatic carbocycles. The van der Waals surface area contributed by atoms with E-state index in [4.69, 9.17) is 0 Å². The van der Waals surface area contributed by atoms with Crippen molar-refractivity contribution < 1.29 is 4.79 Å². The first-order valence-corrected chi connectivity index (χ1v) is 5.49. The van der Waals surface area contributed by atoms with Crippen molar-refractivity contribution in [3.8, 4) is 0 Å². The largest absolute Gasteiger partial charge is 0.337 e. The van der Waals surface area contributed by atoms with E-state index in [1.165, 1.54) is 0 Å². The summed E-state index contributed by atoms with van der Waals surface area (Å²) >= 11 is 0. The summed E-state index contributed by atoms with van der Waals surface area (Å²) in [4.78, 5) is 15.6. The monoisotopic (exact) mass is 208 g/mol. The summed E-state index contributed by atoms with van der Waals surface area (Å²) in [6.45, 7) is 6.89. The van der Waals surface area contributed by atoms with Gasteiger partial charge < -0.3 is 4.57 Å². The van der Waals surface area contributed by atoms with Crippen molar-refractivity contribution in [1.29, 1.82) is 0 Å². The van der Waals surface area contributed by atoms with Crippen LogP contribution in [0.2, 0.25) is 0 Å². The van der Waals surface area contributed by atoms with Crippen LogP contribution in [0.4, 0.5) is 0 Å². The lowest BCUT2D eigenvalue weighted by Crippen LogP contribution is -2.19. The first kappa shape index (κ1) is 12.0. The number of carbonyl (C=O) groups is 1. The van der Waals surface area contributed by atoms with Crippen LogP contribution >= 0.6 is 0 Å². The molecule has 3 heteroatoms. The number of ketones is 1. The van der Waals surface area contributed by atoms with Crippen LogP contribution in [-0.4, -0.2) is 15.3 Å². The Labute approximate surface area is 91.5 Å². The van der Waals surface area contributed by atoms with Crippen molar-refractivity contribution in [2.24, 2.45) is 5.41 Å². The molecular weight excluding hydrogens is 188 g/mol. The molecule has 0 fully saturated rings. The van der Waals surface area contributed by atoms with Crippen molar-refractivity contribution in [3.63, 3.8) is 0 Å². The highest BCUT2D eigenvalue weighted by atomic mass is 16.1. The number of carbonyl (C=O) groups excluding carboxylic acids is 1. The van der Waals surface area contributed by atoms with Crippen LogP contribution in [0.15, 0.2) is 18.7 Å². The molecular formula is C12H20N2O. The summed E-state index contributed by atoms with van der Waals surface area (Å²) < 4.78 is 2.04. The van der Waals surface area contributed by atoms with Crippen molar-refractivity contribution in [3.05, 3.63) is 18.7 Å². The van der Waals surface area contributed by atoms with E-state index in [0.29, 0.717) is 12.2 Å². The lowest BCUT2D eigenvalue weighted by Gasteiger charge is -2.16. The van der Waals surface area contributed by atoms with Crippen molar-refractivity contribution in [2.75, 3.05) is 0 Å². The molecule has 1 aromatic heterocycles. The third kappa shape index (κ3) is 4.28. The highest BCUT2D eigenvalue weighted by Gasteiger charge is 2.19. The van der Waals surface area contributed by atoms with Crippen molar-refractivity contribution in [1.82, 2.24) is 9.55 Å². The Morgan fingerprint density at radius 3 is 2.60 bits per heavy atom. The van der Waals surface area contributed by atoms with Gasteiger partial charge in [0.15, 0.2) is 0 Å². The molecule has 0 radical (unpaired) electrons. The zero-order chi connectivity index (χ0) is 11.3. The van der Waals surface area contributed by atoms with Gasteiger partial charge in [0.25, 0.3) is 0 Å². The molecule has 0 saturated heterocycles. The molecule has 0 amide bonds. The summed E-state index contributed by atoms with van der Waals surface area (Å²) in [5.41, 5.74) is -0.186. The summed E-state index contributed by atoms with van der Waals surface area (Å²) in [5, 5.41) is 0. The van der Waals surface area contributed by atoms with E-state index in [-0.39, 0.29) is 5.41 Å². The normalized spacial score (nSPS) is 11.7. The Morgan fingerprint density at radius 2 is 2.07 bits per heavy atom. The van der Waals surface area contributed by atoms with Gasteiger partial charge in [0, 0.05) is 30.8 Å². The number of nitrogens with zero attached hydrogens (tertiary/aromatic N) is 2. The number of hydrogen-bond acceptors (Lipinski definition) is 2. The molecule has 0 spiro atoms. The fourth-order valence-corrected chi connectivity index (χ4v) is 1.37. The molecule has 15 heavy (non-hydrogen) atoms. The minimum atomic E-state index is -0.186. The lowest BCUT2D eigenvalue weighted by molar-refractivity contribution is -0.126. The number of hydrogen-bond donors (Lipinski definition) is 0. The molecule has 0 aliphatic rings. The second-order valence-corrected chi connectivity index (χ2v) is 4.93. The number of rotatable bonds is 5. The summed E-state index contributed by atoms with van der Waals surface area (Å²) in [7, 11) is 0. The van der Waals surface area contributed by atoms with E-state index in [1.807, 2.05) is 37.9 Å². The van der Waals surface area contributed by atoms with Crippen LogP contribution in [0.1, 0.15) is 40.0 Å². The zero-order valence-corrected chi connectivity index (χ0v) is 9.86. The number of Topliss-reactive ketones (excluding diaryl/α,β-unsaturated/α-hetero) is 1. The molecule has 3 nitrogen and oxygen atoms in total. The Balaban J connectivity index is 2.15. The Bertz CT molecular complexity index is 296. The molecule has 0 aliphatic heterocycles. The molecule has 0 bridgehead atoms. The van der Waals surface area contributed by atoms with Gasteiger partial charge in [-0.25, -0.2) is 4.98 Å². The fraction of sp³-hybridized carbons (Fsp3) is 0.667. The van der Waals surface area contributed by atoms with E-state index in [1.54, 1.807) is 6.20 Å². The topological polar surface area (TPSA) is 34.9 Å². The van der Waals surface area contributed by atoms with Crippen LogP contribution < -0.4 is 0 Å². The molecule has 0 N–H and O–H groups in total. The maximum atomic E-state index is 11.6. The van der Waals surface area contributed by atoms with Gasteiger partial charge >= 0.3 is 0 Å². The average Bonchev–Trinajstić information content (AvgIpc) is 2.63. The van der Waals surface area contributed by atoms with Crippen LogP contribution in [-0.2, 0) is 11.3 Å². The van der Waals surface area contributed by atoms with Gasteiger partial charge in [-0.05, 0) is 12.8 Å². The maximum absolute atomic E-state index is 11.6. The Morgan fingerprint density at radius 1 is 1.33 bits per heavy atom. The van der Waals surface area contributed by atoms with E-state index in [2.05, 4.69) is 4.98 Å². The van der Waals surface area contributed by atoms with Gasteiger partial charge in [-0.15, -0.1) is 0 Å². The van der Waals surface area contributed by atoms with Gasteiger partial charge in [-0.2, -0.15) is 0 Å². The minimum absolute atomic E-state index is 0.186. The summed E-state index contributed by atoms with van der Waals surface area (Å²) in [6, 6.07) is 0. The van der Waals surface area contributed by atoms with Crippen LogP contribution in [0.5, 0.6) is 0 Å². The molecule has 0 atom stereocenters. The SMILES string of the molecule is CC(C)(C)C(=O)CCCCn1ccnc1. The molecule has 84 valence electrons. The smallest absolute Gasteiger partial charge is 0.138 e. The molecule has 0 unspecified atom stereocenters. The second-order valence-electron chi connectivity index (χ2n) is 4.93. The van der Waals surface area contributed by atoms with E-state index in [0.717, 1.165) is 19.4 Å². The molecule has 1 aromatic rings. The van der Waals surface area contributed by atoms with E-state index in [9.17, 15) is 4.79 Å². The summed E-state index contributed by atoms with van der Waals surface area (Å²) in [6.07, 6.45) is 8.24. The van der Waals surface area contributed by atoms with Gasteiger partial charge in [0.05, 0.1) is 6.33 Å². The second kappa shape index (κ2) is 5.10. The van der Waals surface area contributed by atoms with Gasteiger partial charge in [0.1, 0.15) is 5.78 Å². The molecule has 1 heterocycles. The van der Waals surface area contributed by atoms with E-state index >= 15 is 0 Å². The first-order valence-electron chi connectivity index (χ1n) is 5.49. The van der Waals surface area contributed by atoms with Gasteiger partial charge in [-0.3, -0.25) is 4.79 Å². The highest BCUT2D eigenvalue weighted by molar-refractivity contribution is 5.83. The number of aryl methyl sites for hydroxylation is 1. The number of imidazole rings is 1. The first-order chi connectivity index (χ1) is 7.00. The zero-order valence-electron chi connectivity index (χ0n) is 9.86. The number of aromatic nitrogens is 2. The molecule has 0 saturated carbocycles. The lowest BCUT2D eigenvalue weighted by atomic mass is 9.88. The van der Waals surface area contributed by atoms with Crippen LogP contribution in [0, 0.1) is 5.41 Å². The molecule has 1 rings (SSSR count). The predicted molar refractivity (Wildman–Crippen MR) is 60.5 cm³/mol. The molecule has 0 aromatic carbocycles. The van der Waals surface area contributed by atoms with E-state index < -0.39 is 0 Å². The third-order valence-electron chi connectivity index (χ3n) is 2.47. The standard InChI is InChI=1S/C12H20N2O/c1-12(2,3)11(15)6-4-5-8-14-9-7-13-10-14/h7,9-10H,4-6,8H2,1-3H3. The number of unbranched alkanes of at least 4 members (excludes halogenated alkanes) is 1. The Kier molecular flexibility index (Phi) is 4.06.